The fourth-order valence-electron chi connectivity index (χ4n) is 1.75. The number of anilines is 1. The number of nitrogens with zero attached hydrogens (tertiary/aromatic N) is 1. The zero-order chi connectivity index (χ0) is 16.5. The van der Waals surface area contributed by atoms with Gasteiger partial charge in [0.05, 0.1) is 21.7 Å². The molecule has 0 radical (unpaired) electrons. The summed E-state index contributed by atoms with van der Waals surface area (Å²) < 4.78 is 79.8. The van der Waals surface area contributed by atoms with Crippen molar-refractivity contribution >= 4 is 23.6 Å². The molecule has 1 aliphatic rings. The topological polar surface area (TPSA) is 36.4 Å². The Morgan fingerprint density at radius 1 is 1.09 bits per heavy atom. The van der Waals surface area contributed by atoms with E-state index >= 15 is 0 Å². The first kappa shape index (κ1) is 16.8. The maximum absolute atomic E-state index is 13.0. The first-order valence-electron chi connectivity index (χ1n) is 6.19. The fourth-order valence-corrected chi connectivity index (χ4v) is 2.57. The lowest BCUT2D eigenvalue weighted by molar-refractivity contribution is -0.144. The van der Waals surface area contributed by atoms with Crippen LogP contribution in [0.1, 0.15) is 24.5 Å². The molecule has 0 aromatic heterocycles. The van der Waals surface area contributed by atoms with Crippen molar-refractivity contribution in [2.24, 2.45) is 4.99 Å². The minimum absolute atomic E-state index is 0.114. The Kier molecular flexibility index (Phi) is 4.50. The van der Waals surface area contributed by atoms with E-state index in [-0.39, 0.29) is 22.6 Å². The Hall–Kier alpha value is -1.58. The molecule has 10 heteroatoms. The highest BCUT2D eigenvalue weighted by Gasteiger charge is 2.40. The van der Waals surface area contributed by atoms with Crippen molar-refractivity contribution in [3.63, 3.8) is 0 Å². The lowest BCUT2D eigenvalue weighted by atomic mass is 10.1. The highest BCUT2D eigenvalue weighted by Crippen LogP contribution is 2.44. The Morgan fingerprint density at radius 2 is 1.77 bits per heavy atom. The van der Waals surface area contributed by atoms with Gasteiger partial charge in [-0.3, -0.25) is 9.71 Å². The van der Waals surface area contributed by atoms with Crippen LogP contribution in [0.5, 0.6) is 0 Å². The molecule has 0 bridgehead atoms. The molecule has 0 spiro atoms. The minimum Gasteiger partial charge on any atom is -0.325 e. The van der Waals surface area contributed by atoms with Crippen LogP contribution in [0.25, 0.3) is 0 Å². The summed E-state index contributed by atoms with van der Waals surface area (Å²) in [5.41, 5.74) is -2.96. The van der Waals surface area contributed by atoms with E-state index in [0.717, 1.165) is 0 Å². The van der Waals surface area contributed by atoms with Gasteiger partial charge in [-0.15, -0.1) is 0 Å². The number of benzene rings is 1. The normalized spacial score (nSPS) is 17.0. The first-order chi connectivity index (χ1) is 10.1. The summed E-state index contributed by atoms with van der Waals surface area (Å²) in [6, 6.07) is 0.767. The van der Waals surface area contributed by atoms with Crippen molar-refractivity contribution in [2.75, 3.05) is 11.9 Å². The average molecular weight is 343 g/mol. The summed E-state index contributed by atoms with van der Waals surface area (Å²) in [4.78, 5) is 3.66. The molecule has 22 heavy (non-hydrogen) atoms. The van der Waals surface area contributed by atoms with E-state index in [9.17, 15) is 26.3 Å². The number of rotatable bonds is 2. The Labute approximate surface area is 126 Å². The van der Waals surface area contributed by atoms with Gasteiger partial charge in [0.25, 0.3) is 0 Å². The lowest BCUT2D eigenvalue weighted by Crippen LogP contribution is -2.31. The molecule has 0 aliphatic carbocycles. The van der Waals surface area contributed by atoms with Crippen molar-refractivity contribution < 1.29 is 26.3 Å². The van der Waals surface area contributed by atoms with Crippen LogP contribution in [-0.2, 0) is 12.4 Å². The molecule has 0 saturated carbocycles. The second kappa shape index (κ2) is 5.90. The molecule has 1 aromatic rings. The molecule has 1 aromatic carbocycles. The molecule has 0 unspecified atom stereocenters. The number of hydrogen-bond acceptors (Lipinski definition) is 2. The highest BCUT2D eigenvalue weighted by molar-refractivity contribution is 7.98. The van der Waals surface area contributed by atoms with E-state index < -0.39 is 23.5 Å². The van der Waals surface area contributed by atoms with E-state index in [0.29, 0.717) is 31.0 Å². The molecule has 0 saturated heterocycles. The summed E-state index contributed by atoms with van der Waals surface area (Å²) in [5, 5.41) is 2.47. The van der Waals surface area contributed by atoms with E-state index in [1.807, 2.05) is 6.92 Å². The van der Waals surface area contributed by atoms with Crippen LogP contribution in [0, 0.1) is 0 Å². The van der Waals surface area contributed by atoms with Gasteiger partial charge in [-0.1, -0.05) is 6.92 Å². The number of aliphatic imine (C=N–C) groups is 1. The SMILES string of the molecule is CCCN=C1NSc2c(cc(C(F)(F)F)cc2C(F)(F)F)N1. The summed E-state index contributed by atoms with van der Waals surface area (Å²) in [6.45, 7) is 2.24. The molecule has 0 fully saturated rings. The predicted octanol–water partition coefficient (Wildman–Crippen LogP) is 4.51. The number of hydrogen-bond donors (Lipinski definition) is 2. The summed E-state index contributed by atoms with van der Waals surface area (Å²) in [6.07, 6.45) is -9.06. The van der Waals surface area contributed by atoms with Gasteiger partial charge in [0.1, 0.15) is 0 Å². The van der Waals surface area contributed by atoms with Crippen LogP contribution < -0.4 is 10.0 Å². The molecule has 3 nitrogen and oxygen atoms in total. The second-order valence-electron chi connectivity index (χ2n) is 4.46. The predicted molar refractivity (Wildman–Crippen MR) is 71.7 cm³/mol. The number of nitrogens with one attached hydrogen (secondary N) is 2. The van der Waals surface area contributed by atoms with Gasteiger partial charge in [-0.25, -0.2) is 0 Å². The van der Waals surface area contributed by atoms with Crippen molar-refractivity contribution in [1.29, 1.82) is 0 Å². The fraction of sp³-hybridized carbons (Fsp3) is 0.417. The molecule has 0 amide bonds. The maximum Gasteiger partial charge on any atom is 0.417 e. The van der Waals surface area contributed by atoms with E-state index in [1.54, 1.807) is 0 Å². The number of guanidine groups is 1. The lowest BCUT2D eigenvalue weighted by Gasteiger charge is -2.25. The second-order valence-corrected chi connectivity index (χ2v) is 5.27. The molecule has 1 heterocycles. The third kappa shape index (κ3) is 3.60. The van der Waals surface area contributed by atoms with Crippen molar-refractivity contribution in [2.45, 2.75) is 30.6 Å². The third-order valence-electron chi connectivity index (χ3n) is 2.72. The van der Waals surface area contributed by atoms with Crippen LogP contribution in [0.3, 0.4) is 0 Å². The average Bonchev–Trinajstić information content (AvgIpc) is 2.41. The smallest absolute Gasteiger partial charge is 0.325 e. The molecular formula is C12H11F6N3S. The van der Waals surface area contributed by atoms with Crippen molar-refractivity contribution in [1.82, 2.24) is 4.72 Å². The van der Waals surface area contributed by atoms with Crippen LogP contribution in [0.15, 0.2) is 22.0 Å². The van der Waals surface area contributed by atoms with Crippen molar-refractivity contribution in [3.8, 4) is 0 Å². The van der Waals surface area contributed by atoms with Gasteiger partial charge in [-0.05, 0) is 30.5 Å². The summed E-state index contributed by atoms with van der Waals surface area (Å²) >= 11 is 0.589. The summed E-state index contributed by atoms with van der Waals surface area (Å²) in [5.74, 6) is 0.131. The van der Waals surface area contributed by atoms with Gasteiger partial charge in [0, 0.05) is 6.54 Å². The Morgan fingerprint density at radius 3 is 2.32 bits per heavy atom. The Balaban J connectivity index is 2.52. The molecule has 2 rings (SSSR count). The van der Waals surface area contributed by atoms with Crippen LogP contribution in [0.4, 0.5) is 32.0 Å². The van der Waals surface area contributed by atoms with Crippen LogP contribution in [0.2, 0.25) is 0 Å². The largest absolute Gasteiger partial charge is 0.417 e. The van der Waals surface area contributed by atoms with Crippen LogP contribution >= 0.6 is 11.9 Å². The zero-order valence-electron chi connectivity index (χ0n) is 11.2. The van der Waals surface area contributed by atoms with Gasteiger partial charge < -0.3 is 5.32 Å². The summed E-state index contributed by atoms with van der Waals surface area (Å²) in [7, 11) is 0. The monoisotopic (exact) mass is 343 g/mol. The zero-order valence-corrected chi connectivity index (χ0v) is 12.0. The van der Waals surface area contributed by atoms with Gasteiger partial charge in [0.15, 0.2) is 0 Å². The van der Waals surface area contributed by atoms with Gasteiger partial charge in [0.2, 0.25) is 5.96 Å². The van der Waals surface area contributed by atoms with E-state index in [2.05, 4.69) is 15.0 Å². The standard InChI is InChI=1S/C12H11F6N3S/c1-2-3-19-10-20-8-5-6(11(13,14)15)4-7(12(16,17)18)9(8)22-21-10/h4-5H,2-3H2,1H3,(H2,19,20,21). The van der Waals surface area contributed by atoms with E-state index in [1.165, 1.54) is 0 Å². The quantitative estimate of drug-likeness (QED) is 0.613. The first-order valence-corrected chi connectivity index (χ1v) is 7.01. The number of halogens is 6. The van der Waals surface area contributed by atoms with Crippen LogP contribution in [-0.4, -0.2) is 12.5 Å². The Bertz CT molecular complexity index is 594. The van der Waals surface area contributed by atoms with Gasteiger partial charge >= 0.3 is 12.4 Å². The molecule has 1 aliphatic heterocycles. The van der Waals surface area contributed by atoms with Crippen molar-refractivity contribution in [3.05, 3.63) is 23.3 Å². The number of fused-ring (bicyclic) bond motifs is 1. The minimum atomic E-state index is -4.89. The maximum atomic E-state index is 13.0. The molecule has 122 valence electrons. The number of alkyl halides is 6. The molecule has 0 atom stereocenters. The third-order valence-corrected chi connectivity index (χ3v) is 3.66. The highest BCUT2D eigenvalue weighted by atomic mass is 32.2. The van der Waals surface area contributed by atoms with E-state index in [4.69, 9.17) is 0 Å². The van der Waals surface area contributed by atoms with Gasteiger partial charge in [-0.2, -0.15) is 26.3 Å². The molecule has 2 N–H and O–H groups in total. The molecular weight excluding hydrogens is 332 g/mol.